The summed E-state index contributed by atoms with van der Waals surface area (Å²) in [4.78, 5) is 23.5. The summed E-state index contributed by atoms with van der Waals surface area (Å²) in [5.41, 5.74) is 2.21. The van der Waals surface area contributed by atoms with Gasteiger partial charge in [0, 0.05) is 25.5 Å². The lowest BCUT2D eigenvalue weighted by Crippen LogP contribution is -2.26. The number of hydrogen-bond acceptors (Lipinski definition) is 4. The second kappa shape index (κ2) is 6.27. The van der Waals surface area contributed by atoms with E-state index in [9.17, 15) is 14.7 Å². The van der Waals surface area contributed by atoms with Gasteiger partial charge in [0.1, 0.15) is 0 Å². The Kier molecular flexibility index (Phi) is 4.16. The number of amides is 1. The first-order valence-corrected chi connectivity index (χ1v) is 7.49. The largest absolute Gasteiger partial charge is 0.478 e. The van der Waals surface area contributed by atoms with Crippen LogP contribution in [0.15, 0.2) is 24.4 Å². The predicted octanol–water partition coefficient (Wildman–Crippen LogP) is 1.62. The van der Waals surface area contributed by atoms with E-state index in [4.69, 9.17) is 9.47 Å². The zero-order valence-electron chi connectivity index (χ0n) is 13.5. The molecule has 1 aliphatic rings. The minimum absolute atomic E-state index is 0.0104. The molecule has 1 aromatic heterocycles. The molecule has 0 fully saturated rings. The Balaban J connectivity index is 1.65. The molecule has 0 unspecified atom stereocenters. The van der Waals surface area contributed by atoms with E-state index in [0.717, 1.165) is 5.56 Å². The maximum Gasteiger partial charge on any atom is 0.337 e. The molecule has 126 valence electrons. The quantitative estimate of drug-likeness (QED) is 0.869. The molecular formula is C17H18N2O5. The van der Waals surface area contributed by atoms with Crippen LogP contribution in [0.2, 0.25) is 0 Å². The third-order valence-corrected chi connectivity index (χ3v) is 3.96. The van der Waals surface area contributed by atoms with Crippen molar-refractivity contribution in [2.45, 2.75) is 19.9 Å². The highest BCUT2D eigenvalue weighted by atomic mass is 16.7. The van der Waals surface area contributed by atoms with Gasteiger partial charge in [0.25, 0.3) is 0 Å². The first kappa shape index (κ1) is 15.9. The van der Waals surface area contributed by atoms with Crippen LogP contribution in [0.5, 0.6) is 11.5 Å². The Labute approximate surface area is 138 Å². The minimum Gasteiger partial charge on any atom is -0.478 e. The first-order valence-electron chi connectivity index (χ1n) is 7.49. The van der Waals surface area contributed by atoms with E-state index in [0.29, 0.717) is 29.3 Å². The molecule has 1 aromatic carbocycles. The fourth-order valence-electron chi connectivity index (χ4n) is 2.81. The van der Waals surface area contributed by atoms with Crippen LogP contribution in [0.25, 0.3) is 0 Å². The Morgan fingerprint density at radius 2 is 2.04 bits per heavy atom. The summed E-state index contributed by atoms with van der Waals surface area (Å²) in [6.07, 6.45) is 1.72. The van der Waals surface area contributed by atoms with Crippen molar-refractivity contribution in [3.05, 3.63) is 46.8 Å². The third-order valence-electron chi connectivity index (χ3n) is 3.96. The summed E-state index contributed by atoms with van der Waals surface area (Å²) in [6.45, 7) is 2.26. The highest BCUT2D eigenvalue weighted by molar-refractivity contribution is 5.93. The van der Waals surface area contributed by atoms with E-state index in [1.54, 1.807) is 30.8 Å². The van der Waals surface area contributed by atoms with Crippen molar-refractivity contribution >= 4 is 11.9 Å². The number of hydrogen-bond donors (Lipinski definition) is 2. The second-order valence-corrected chi connectivity index (χ2v) is 5.69. The van der Waals surface area contributed by atoms with Gasteiger partial charge >= 0.3 is 5.97 Å². The van der Waals surface area contributed by atoms with Crippen molar-refractivity contribution in [3.8, 4) is 11.5 Å². The molecule has 2 N–H and O–H groups in total. The molecule has 0 atom stereocenters. The molecule has 3 rings (SSSR count). The molecule has 1 amide bonds. The first-order chi connectivity index (χ1) is 11.5. The molecule has 24 heavy (non-hydrogen) atoms. The van der Waals surface area contributed by atoms with E-state index < -0.39 is 5.97 Å². The number of fused-ring (bicyclic) bond motifs is 1. The second-order valence-electron chi connectivity index (χ2n) is 5.69. The van der Waals surface area contributed by atoms with Gasteiger partial charge in [0.05, 0.1) is 12.0 Å². The van der Waals surface area contributed by atoms with Gasteiger partial charge in [0.2, 0.25) is 12.7 Å². The van der Waals surface area contributed by atoms with Crippen LogP contribution in [0.3, 0.4) is 0 Å². The maximum absolute atomic E-state index is 12.2. The highest BCUT2D eigenvalue weighted by Gasteiger charge is 2.20. The predicted molar refractivity (Wildman–Crippen MR) is 85.2 cm³/mol. The number of aryl methyl sites for hydroxylation is 2. The molecule has 0 spiro atoms. The zero-order chi connectivity index (χ0) is 17.3. The average molecular weight is 330 g/mol. The van der Waals surface area contributed by atoms with E-state index in [-0.39, 0.29) is 24.7 Å². The van der Waals surface area contributed by atoms with E-state index >= 15 is 0 Å². The Hall–Kier alpha value is -2.96. The summed E-state index contributed by atoms with van der Waals surface area (Å²) in [7, 11) is 1.74. The van der Waals surface area contributed by atoms with Crippen LogP contribution >= 0.6 is 0 Å². The molecule has 0 aliphatic carbocycles. The lowest BCUT2D eigenvalue weighted by molar-refractivity contribution is -0.120. The molecule has 7 heteroatoms. The van der Waals surface area contributed by atoms with E-state index in [2.05, 4.69) is 5.32 Å². The number of aromatic carboxylic acids is 1. The van der Waals surface area contributed by atoms with Gasteiger partial charge in [0.15, 0.2) is 11.5 Å². The van der Waals surface area contributed by atoms with Gasteiger partial charge in [-0.25, -0.2) is 4.79 Å². The fraction of sp³-hybridized carbons (Fsp3) is 0.294. The standard InChI is InChI=1S/C17H18N2O5/c1-10-8-19(2)12(16(10)17(21)22)6-15(20)18-7-11-3-4-13-14(5-11)24-9-23-13/h3-5,8H,6-7,9H2,1-2H3,(H,18,20)(H,21,22). The molecule has 0 radical (unpaired) electrons. The van der Waals surface area contributed by atoms with Gasteiger partial charge in [-0.15, -0.1) is 0 Å². The third kappa shape index (κ3) is 3.05. The number of ether oxygens (including phenoxy) is 2. The molecular weight excluding hydrogens is 312 g/mol. The van der Waals surface area contributed by atoms with Gasteiger partial charge in [-0.05, 0) is 30.2 Å². The number of nitrogens with zero attached hydrogens (tertiary/aromatic N) is 1. The molecule has 0 saturated carbocycles. The van der Waals surface area contributed by atoms with Crippen molar-refractivity contribution in [1.29, 1.82) is 0 Å². The van der Waals surface area contributed by atoms with Crippen LogP contribution in [0, 0.1) is 6.92 Å². The summed E-state index contributed by atoms with van der Waals surface area (Å²) in [5, 5.41) is 12.1. The topological polar surface area (TPSA) is 89.8 Å². The van der Waals surface area contributed by atoms with Gasteiger partial charge in [-0.2, -0.15) is 0 Å². The number of nitrogens with one attached hydrogen (secondary N) is 1. The molecule has 1 aliphatic heterocycles. The molecule has 0 bridgehead atoms. The number of carbonyl (C=O) groups excluding carboxylic acids is 1. The number of carboxylic acids is 1. The lowest BCUT2D eigenvalue weighted by atomic mass is 10.1. The summed E-state index contributed by atoms with van der Waals surface area (Å²) < 4.78 is 12.2. The van der Waals surface area contributed by atoms with Crippen LogP contribution in [-0.2, 0) is 24.8 Å². The normalized spacial score (nSPS) is 12.2. The molecule has 2 aromatic rings. The number of carboxylic acid groups (broad SMARTS) is 1. The summed E-state index contributed by atoms with van der Waals surface area (Å²) >= 11 is 0. The van der Waals surface area contributed by atoms with Crippen LogP contribution in [0.4, 0.5) is 0 Å². The van der Waals surface area contributed by atoms with Crippen molar-refractivity contribution in [2.75, 3.05) is 6.79 Å². The van der Waals surface area contributed by atoms with Gasteiger partial charge in [-0.3, -0.25) is 4.79 Å². The van der Waals surface area contributed by atoms with Crippen LogP contribution in [-0.4, -0.2) is 28.3 Å². The van der Waals surface area contributed by atoms with Crippen LogP contribution in [0.1, 0.15) is 27.2 Å². The number of rotatable bonds is 5. The van der Waals surface area contributed by atoms with Gasteiger partial charge < -0.3 is 24.5 Å². The van der Waals surface area contributed by atoms with Gasteiger partial charge in [-0.1, -0.05) is 6.07 Å². The Morgan fingerprint density at radius 3 is 2.79 bits per heavy atom. The van der Waals surface area contributed by atoms with Crippen LogP contribution < -0.4 is 14.8 Å². The smallest absolute Gasteiger partial charge is 0.337 e. The fourth-order valence-corrected chi connectivity index (χ4v) is 2.81. The summed E-state index contributed by atoms with van der Waals surface area (Å²) in [6, 6.07) is 5.47. The maximum atomic E-state index is 12.2. The monoisotopic (exact) mass is 330 g/mol. The number of aromatic nitrogens is 1. The molecule has 2 heterocycles. The Morgan fingerprint density at radius 1 is 1.29 bits per heavy atom. The van der Waals surface area contributed by atoms with Crippen molar-refractivity contribution in [3.63, 3.8) is 0 Å². The van der Waals surface area contributed by atoms with E-state index in [1.807, 2.05) is 12.1 Å². The highest BCUT2D eigenvalue weighted by Crippen LogP contribution is 2.32. The SMILES string of the molecule is Cc1cn(C)c(CC(=O)NCc2ccc3c(c2)OCO3)c1C(=O)O. The lowest BCUT2D eigenvalue weighted by Gasteiger charge is -2.08. The zero-order valence-corrected chi connectivity index (χ0v) is 13.5. The average Bonchev–Trinajstić information content (AvgIpc) is 3.09. The van der Waals surface area contributed by atoms with Crippen molar-refractivity contribution in [1.82, 2.24) is 9.88 Å². The number of carbonyl (C=O) groups is 2. The summed E-state index contributed by atoms with van der Waals surface area (Å²) in [5.74, 6) is 0.0893. The number of benzene rings is 1. The molecule has 0 saturated heterocycles. The van der Waals surface area contributed by atoms with Crippen molar-refractivity contribution in [2.24, 2.45) is 7.05 Å². The van der Waals surface area contributed by atoms with Crippen molar-refractivity contribution < 1.29 is 24.2 Å². The molecule has 7 nitrogen and oxygen atoms in total. The van der Waals surface area contributed by atoms with E-state index in [1.165, 1.54) is 0 Å². The minimum atomic E-state index is -1.02. The Bertz CT molecular complexity index is 810.